The van der Waals surface area contributed by atoms with Gasteiger partial charge in [-0.15, -0.1) is 0 Å². The van der Waals surface area contributed by atoms with E-state index in [4.69, 9.17) is 0 Å². The summed E-state index contributed by atoms with van der Waals surface area (Å²) in [6.45, 7) is 5.74. The molecule has 2 heteroatoms. The average molecular weight is 254 g/mol. The zero-order valence-electron chi connectivity index (χ0n) is 8.73. The Morgan fingerprint density at radius 3 is 2.93 bits per heavy atom. The highest BCUT2D eigenvalue weighted by Gasteiger charge is 2.25. The van der Waals surface area contributed by atoms with Gasteiger partial charge in [0.25, 0.3) is 0 Å². The Kier molecular flexibility index (Phi) is 2.56. The van der Waals surface area contributed by atoms with Crippen molar-refractivity contribution in [3.63, 3.8) is 0 Å². The number of rotatable bonds is 0. The van der Waals surface area contributed by atoms with Gasteiger partial charge in [0, 0.05) is 16.7 Å². The first-order valence-corrected chi connectivity index (χ1v) is 5.93. The van der Waals surface area contributed by atoms with E-state index in [9.17, 15) is 0 Å². The molecule has 1 aliphatic rings. The van der Waals surface area contributed by atoms with Gasteiger partial charge in [0.05, 0.1) is 0 Å². The van der Waals surface area contributed by atoms with Gasteiger partial charge in [-0.3, -0.25) is 0 Å². The van der Waals surface area contributed by atoms with Gasteiger partial charge in [0.2, 0.25) is 0 Å². The number of halogens is 1. The van der Waals surface area contributed by atoms with Gasteiger partial charge in [-0.25, -0.2) is 0 Å². The van der Waals surface area contributed by atoms with Crippen LogP contribution in [-0.2, 0) is 5.41 Å². The number of hydrogen-bond donors (Lipinski definition) is 1. The Morgan fingerprint density at radius 1 is 1.36 bits per heavy atom. The zero-order valence-corrected chi connectivity index (χ0v) is 10.3. The second-order valence-corrected chi connectivity index (χ2v) is 5.52. The van der Waals surface area contributed by atoms with E-state index < -0.39 is 0 Å². The van der Waals surface area contributed by atoms with Gasteiger partial charge in [0.1, 0.15) is 0 Å². The Bertz CT molecular complexity index is 344. The number of fused-ring (bicyclic) bond motifs is 1. The summed E-state index contributed by atoms with van der Waals surface area (Å²) in [5, 5.41) is 3.49. The van der Waals surface area contributed by atoms with Crippen LogP contribution in [0.25, 0.3) is 0 Å². The summed E-state index contributed by atoms with van der Waals surface area (Å²) >= 11 is 3.51. The molecule has 0 spiro atoms. The Hall–Kier alpha value is -0.500. The molecule has 0 aliphatic carbocycles. The summed E-state index contributed by atoms with van der Waals surface area (Å²) in [6.07, 6.45) is 2.51. The van der Waals surface area contributed by atoms with E-state index in [0.29, 0.717) is 5.41 Å². The standard InChI is InChI=1S/C12H16BrN/c1-12(2)6-3-7-14-11-8-9(13)4-5-10(11)12/h4-5,8,14H,3,6-7H2,1-2H3. The number of anilines is 1. The quantitative estimate of drug-likeness (QED) is 0.739. The molecule has 1 heterocycles. The van der Waals surface area contributed by atoms with Crippen LogP contribution in [0.5, 0.6) is 0 Å². The molecule has 1 nitrogen and oxygen atoms in total. The molecular formula is C12H16BrN. The highest BCUT2D eigenvalue weighted by Crippen LogP contribution is 2.37. The fraction of sp³-hybridized carbons (Fsp3) is 0.500. The van der Waals surface area contributed by atoms with Crippen LogP contribution in [0.3, 0.4) is 0 Å². The summed E-state index contributed by atoms with van der Waals surface area (Å²) in [5.41, 5.74) is 3.04. The molecule has 76 valence electrons. The Balaban J connectivity index is 2.50. The maximum atomic E-state index is 3.51. The van der Waals surface area contributed by atoms with Crippen molar-refractivity contribution in [1.82, 2.24) is 0 Å². The van der Waals surface area contributed by atoms with Crippen molar-refractivity contribution in [2.24, 2.45) is 0 Å². The molecular weight excluding hydrogens is 238 g/mol. The minimum absolute atomic E-state index is 0.305. The van der Waals surface area contributed by atoms with E-state index in [1.807, 2.05) is 0 Å². The van der Waals surface area contributed by atoms with Crippen molar-refractivity contribution >= 4 is 21.6 Å². The van der Waals surface area contributed by atoms with Gasteiger partial charge >= 0.3 is 0 Å². The van der Waals surface area contributed by atoms with E-state index in [2.05, 4.69) is 53.3 Å². The van der Waals surface area contributed by atoms with Crippen molar-refractivity contribution in [2.45, 2.75) is 32.1 Å². The first-order valence-electron chi connectivity index (χ1n) is 5.13. The fourth-order valence-electron chi connectivity index (χ4n) is 2.14. The predicted octanol–water partition coefficient (Wildman–Crippen LogP) is 3.93. The third-order valence-electron chi connectivity index (χ3n) is 3.00. The van der Waals surface area contributed by atoms with Crippen LogP contribution in [0, 0.1) is 0 Å². The molecule has 0 saturated carbocycles. The van der Waals surface area contributed by atoms with Crippen LogP contribution in [-0.4, -0.2) is 6.54 Å². The lowest BCUT2D eigenvalue weighted by atomic mass is 9.80. The van der Waals surface area contributed by atoms with E-state index in [-0.39, 0.29) is 0 Å². The largest absolute Gasteiger partial charge is 0.385 e. The number of benzene rings is 1. The summed E-state index contributed by atoms with van der Waals surface area (Å²) in [7, 11) is 0. The molecule has 0 unspecified atom stereocenters. The van der Waals surface area contributed by atoms with E-state index in [1.54, 1.807) is 0 Å². The van der Waals surface area contributed by atoms with Crippen LogP contribution in [0.2, 0.25) is 0 Å². The van der Waals surface area contributed by atoms with Gasteiger partial charge in [-0.2, -0.15) is 0 Å². The molecule has 1 aromatic carbocycles. The molecule has 0 atom stereocenters. The smallest absolute Gasteiger partial charge is 0.0389 e. The van der Waals surface area contributed by atoms with Crippen molar-refractivity contribution < 1.29 is 0 Å². The lowest BCUT2D eigenvalue weighted by Crippen LogP contribution is -2.16. The molecule has 1 N–H and O–H groups in total. The summed E-state index contributed by atoms with van der Waals surface area (Å²) < 4.78 is 1.15. The highest BCUT2D eigenvalue weighted by molar-refractivity contribution is 9.10. The third kappa shape index (κ3) is 1.81. The lowest BCUT2D eigenvalue weighted by Gasteiger charge is -2.24. The number of nitrogens with one attached hydrogen (secondary N) is 1. The van der Waals surface area contributed by atoms with Crippen LogP contribution in [0.1, 0.15) is 32.3 Å². The average Bonchev–Trinajstić information content (AvgIpc) is 2.25. The first kappa shape index (κ1) is 10.0. The molecule has 0 saturated heterocycles. The maximum Gasteiger partial charge on any atom is 0.0389 e. The van der Waals surface area contributed by atoms with Gasteiger partial charge in [-0.05, 0) is 36.0 Å². The predicted molar refractivity (Wildman–Crippen MR) is 64.9 cm³/mol. The van der Waals surface area contributed by atoms with Crippen LogP contribution < -0.4 is 5.32 Å². The Labute approximate surface area is 94.0 Å². The molecule has 0 radical (unpaired) electrons. The Morgan fingerprint density at radius 2 is 2.14 bits per heavy atom. The minimum Gasteiger partial charge on any atom is -0.385 e. The monoisotopic (exact) mass is 253 g/mol. The van der Waals surface area contributed by atoms with E-state index in [1.165, 1.54) is 24.1 Å². The van der Waals surface area contributed by atoms with Gasteiger partial charge in [-0.1, -0.05) is 35.8 Å². The molecule has 0 aromatic heterocycles. The molecule has 0 fully saturated rings. The molecule has 2 rings (SSSR count). The highest BCUT2D eigenvalue weighted by atomic mass is 79.9. The molecule has 1 aromatic rings. The molecule has 0 amide bonds. The first-order chi connectivity index (χ1) is 6.59. The summed E-state index contributed by atoms with van der Waals surface area (Å²) in [5.74, 6) is 0. The minimum atomic E-state index is 0.305. The summed E-state index contributed by atoms with van der Waals surface area (Å²) in [4.78, 5) is 0. The topological polar surface area (TPSA) is 12.0 Å². The van der Waals surface area contributed by atoms with Gasteiger partial charge < -0.3 is 5.32 Å². The second kappa shape index (κ2) is 3.58. The second-order valence-electron chi connectivity index (χ2n) is 4.60. The molecule has 14 heavy (non-hydrogen) atoms. The third-order valence-corrected chi connectivity index (χ3v) is 3.50. The van der Waals surface area contributed by atoms with Crippen LogP contribution >= 0.6 is 15.9 Å². The van der Waals surface area contributed by atoms with Crippen molar-refractivity contribution in [3.8, 4) is 0 Å². The van der Waals surface area contributed by atoms with Crippen molar-refractivity contribution in [2.75, 3.05) is 11.9 Å². The zero-order chi connectivity index (χ0) is 10.2. The van der Waals surface area contributed by atoms with Gasteiger partial charge in [0.15, 0.2) is 0 Å². The normalized spacial score (nSPS) is 19.4. The van der Waals surface area contributed by atoms with E-state index in [0.717, 1.165) is 11.0 Å². The van der Waals surface area contributed by atoms with Crippen molar-refractivity contribution in [1.29, 1.82) is 0 Å². The SMILES string of the molecule is CC1(C)CCCNc2cc(Br)ccc21. The fourth-order valence-corrected chi connectivity index (χ4v) is 2.50. The molecule has 1 aliphatic heterocycles. The number of hydrogen-bond acceptors (Lipinski definition) is 1. The molecule has 0 bridgehead atoms. The van der Waals surface area contributed by atoms with Crippen LogP contribution in [0.15, 0.2) is 22.7 Å². The van der Waals surface area contributed by atoms with E-state index >= 15 is 0 Å². The lowest BCUT2D eigenvalue weighted by molar-refractivity contribution is 0.478. The van der Waals surface area contributed by atoms with Crippen molar-refractivity contribution in [3.05, 3.63) is 28.2 Å². The summed E-state index contributed by atoms with van der Waals surface area (Å²) in [6, 6.07) is 6.55. The maximum absolute atomic E-state index is 3.51. The van der Waals surface area contributed by atoms with Crippen LogP contribution in [0.4, 0.5) is 5.69 Å².